The Kier molecular flexibility index (Phi) is 4.39. The van der Waals surface area contributed by atoms with Gasteiger partial charge in [-0.05, 0) is 6.92 Å². The number of nitriles is 1. The first-order valence-electron chi connectivity index (χ1n) is 4.18. The maximum atomic E-state index is 8.59. The van der Waals surface area contributed by atoms with E-state index in [9.17, 15) is 0 Å². The highest BCUT2D eigenvalue weighted by molar-refractivity contribution is 7.99. The number of nitrogens with two attached hydrogens (primary N) is 1. The Balaban J connectivity index is 2.47. The van der Waals surface area contributed by atoms with E-state index in [1.165, 1.54) is 23.1 Å². The standard InChI is InChI=1S/C8H11N5S2/c1-5(2-9)14-3-6-4-15-8(12-6)13-7(10)11/h4-5H,3H2,1H3,(H4,10,11,12,13). The zero-order valence-electron chi connectivity index (χ0n) is 8.15. The molecule has 1 atom stereocenters. The van der Waals surface area contributed by atoms with Crippen molar-refractivity contribution in [3.63, 3.8) is 0 Å². The Morgan fingerprint density at radius 2 is 2.67 bits per heavy atom. The van der Waals surface area contributed by atoms with E-state index in [1.807, 2.05) is 12.3 Å². The van der Waals surface area contributed by atoms with Crippen molar-refractivity contribution in [2.45, 2.75) is 17.9 Å². The molecule has 0 bridgehead atoms. The van der Waals surface area contributed by atoms with Gasteiger partial charge in [-0.3, -0.25) is 5.41 Å². The van der Waals surface area contributed by atoms with Crippen LogP contribution in [0.1, 0.15) is 12.6 Å². The highest BCUT2D eigenvalue weighted by Gasteiger charge is 2.05. The number of hydrogen-bond donors (Lipinski definition) is 3. The van der Waals surface area contributed by atoms with Gasteiger partial charge in [-0.15, -0.1) is 23.1 Å². The van der Waals surface area contributed by atoms with Crippen molar-refractivity contribution >= 4 is 34.2 Å². The second kappa shape index (κ2) is 5.58. The smallest absolute Gasteiger partial charge is 0.192 e. The summed E-state index contributed by atoms with van der Waals surface area (Å²) in [5.41, 5.74) is 6.07. The lowest BCUT2D eigenvalue weighted by Crippen LogP contribution is -2.20. The van der Waals surface area contributed by atoms with Gasteiger partial charge in [-0.1, -0.05) is 0 Å². The molecule has 0 amide bonds. The van der Waals surface area contributed by atoms with Gasteiger partial charge >= 0.3 is 0 Å². The molecule has 1 unspecified atom stereocenters. The second-order valence-corrected chi connectivity index (χ2v) is 4.95. The minimum atomic E-state index is -0.117. The lowest BCUT2D eigenvalue weighted by Gasteiger charge is -1.99. The number of anilines is 1. The fourth-order valence-corrected chi connectivity index (χ4v) is 2.26. The maximum absolute atomic E-state index is 8.59. The van der Waals surface area contributed by atoms with E-state index in [4.69, 9.17) is 16.4 Å². The third kappa shape index (κ3) is 4.18. The normalized spacial score (nSPS) is 11.7. The van der Waals surface area contributed by atoms with Crippen molar-refractivity contribution in [3.05, 3.63) is 11.1 Å². The summed E-state index contributed by atoms with van der Waals surface area (Å²) >= 11 is 2.93. The molecule has 0 aliphatic carbocycles. The monoisotopic (exact) mass is 241 g/mol. The number of thiazole rings is 1. The van der Waals surface area contributed by atoms with Crippen molar-refractivity contribution in [3.8, 4) is 6.07 Å². The van der Waals surface area contributed by atoms with Crippen LogP contribution in [0.2, 0.25) is 0 Å². The number of thioether (sulfide) groups is 1. The van der Waals surface area contributed by atoms with Crippen LogP contribution >= 0.6 is 23.1 Å². The molecule has 5 nitrogen and oxygen atoms in total. The van der Waals surface area contributed by atoms with Gasteiger partial charge in [0.25, 0.3) is 0 Å². The molecule has 1 rings (SSSR count). The van der Waals surface area contributed by atoms with Crippen molar-refractivity contribution in [2.24, 2.45) is 5.73 Å². The molecule has 4 N–H and O–H groups in total. The van der Waals surface area contributed by atoms with E-state index < -0.39 is 0 Å². The van der Waals surface area contributed by atoms with Gasteiger partial charge in [0.15, 0.2) is 11.1 Å². The third-order valence-corrected chi connectivity index (χ3v) is 3.33. The van der Waals surface area contributed by atoms with Crippen LogP contribution in [0, 0.1) is 16.7 Å². The van der Waals surface area contributed by atoms with E-state index in [2.05, 4.69) is 16.4 Å². The van der Waals surface area contributed by atoms with Gasteiger partial charge < -0.3 is 11.1 Å². The van der Waals surface area contributed by atoms with Crippen molar-refractivity contribution in [1.29, 1.82) is 10.7 Å². The summed E-state index contributed by atoms with van der Waals surface area (Å²) in [5.74, 6) is 0.583. The molecule has 0 aliphatic rings. The molecule has 1 aromatic heterocycles. The molecular formula is C8H11N5S2. The van der Waals surface area contributed by atoms with E-state index in [0.717, 1.165) is 5.69 Å². The number of hydrogen-bond acceptors (Lipinski definition) is 5. The summed E-state index contributed by atoms with van der Waals surface area (Å²) in [6, 6.07) is 2.14. The zero-order valence-corrected chi connectivity index (χ0v) is 9.78. The lowest BCUT2D eigenvalue weighted by molar-refractivity contribution is 1.19. The molecule has 1 aromatic rings. The van der Waals surface area contributed by atoms with Gasteiger partial charge in [0, 0.05) is 11.1 Å². The maximum Gasteiger partial charge on any atom is 0.192 e. The van der Waals surface area contributed by atoms with Crippen LogP contribution < -0.4 is 11.1 Å². The van der Waals surface area contributed by atoms with Crippen LogP contribution in [0.4, 0.5) is 5.13 Å². The van der Waals surface area contributed by atoms with E-state index in [0.29, 0.717) is 10.9 Å². The average molecular weight is 241 g/mol. The minimum Gasteiger partial charge on any atom is -0.370 e. The van der Waals surface area contributed by atoms with Crippen LogP contribution in [0.5, 0.6) is 0 Å². The molecule has 0 radical (unpaired) electrons. The predicted octanol–water partition coefficient (Wildman–Crippen LogP) is 1.59. The summed E-state index contributed by atoms with van der Waals surface area (Å²) in [7, 11) is 0. The average Bonchev–Trinajstić information content (AvgIpc) is 2.61. The number of nitrogens with one attached hydrogen (secondary N) is 2. The van der Waals surface area contributed by atoms with Crippen molar-refractivity contribution < 1.29 is 0 Å². The first-order chi connectivity index (χ1) is 7.11. The Morgan fingerprint density at radius 1 is 1.93 bits per heavy atom. The minimum absolute atomic E-state index is 0.0316. The number of aromatic nitrogens is 1. The molecule has 7 heteroatoms. The van der Waals surface area contributed by atoms with Gasteiger partial charge in [0.1, 0.15) is 0 Å². The molecule has 80 valence electrons. The summed E-state index contributed by atoms with van der Waals surface area (Å²) in [4.78, 5) is 4.21. The Bertz CT molecular complexity index is 381. The molecular weight excluding hydrogens is 230 g/mol. The predicted molar refractivity (Wildman–Crippen MR) is 64.0 cm³/mol. The number of rotatable bonds is 4. The first-order valence-corrected chi connectivity index (χ1v) is 6.11. The lowest BCUT2D eigenvalue weighted by atomic mass is 10.5. The Morgan fingerprint density at radius 3 is 3.27 bits per heavy atom. The molecule has 15 heavy (non-hydrogen) atoms. The summed E-state index contributed by atoms with van der Waals surface area (Å²) in [5, 5.41) is 20.7. The van der Waals surface area contributed by atoms with E-state index in [-0.39, 0.29) is 11.2 Å². The van der Waals surface area contributed by atoms with Crippen LogP contribution in [0.25, 0.3) is 0 Å². The van der Waals surface area contributed by atoms with Crippen LogP contribution in [0.3, 0.4) is 0 Å². The topological polar surface area (TPSA) is 98.6 Å². The van der Waals surface area contributed by atoms with Crippen LogP contribution in [-0.2, 0) is 5.75 Å². The fraction of sp³-hybridized carbons (Fsp3) is 0.375. The quantitative estimate of drug-likeness (QED) is 0.549. The molecule has 1 heterocycles. The first kappa shape index (κ1) is 11.8. The van der Waals surface area contributed by atoms with Gasteiger partial charge in [-0.2, -0.15) is 5.26 Å². The zero-order chi connectivity index (χ0) is 11.3. The van der Waals surface area contributed by atoms with Gasteiger partial charge in [0.2, 0.25) is 0 Å². The highest BCUT2D eigenvalue weighted by atomic mass is 32.2. The number of nitrogens with zero attached hydrogens (tertiary/aromatic N) is 2. The van der Waals surface area contributed by atoms with Crippen LogP contribution in [-0.4, -0.2) is 16.2 Å². The highest BCUT2D eigenvalue weighted by Crippen LogP contribution is 2.21. The number of guanidine groups is 1. The Labute approximate surface area is 96.2 Å². The molecule has 0 saturated heterocycles. The molecule has 0 saturated carbocycles. The van der Waals surface area contributed by atoms with Gasteiger partial charge in [-0.25, -0.2) is 4.98 Å². The van der Waals surface area contributed by atoms with Crippen molar-refractivity contribution in [1.82, 2.24) is 4.98 Å². The van der Waals surface area contributed by atoms with Gasteiger partial charge in [0.05, 0.1) is 17.0 Å². The summed E-state index contributed by atoms with van der Waals surface area (Å²) in [6.07, 6.45) is 0. The fourth-order valence-electron chi connectivity index (χ4n) is 0.794. The second-order valence-electron chi connectivity index (χ2n) is 2.77. The molecule has 0 spiro atoms. The van der Waals surface area contributed by atoms with E-state index in [1.54, 1.807) is 0 Å². The SMILES string of the molecule is CC(C#N)SCc1csc(NC(=N)N)n1. The molecule has 0 aromatic carbocycles. The summed E-state index contributed by atoms with van der Waals surface area (Å²) < 4.78 is 0. The molecule has 0 fully saturated rings. The third-order valence-electron chi connectivity index (χ3n) is 1.46. The largest absolute Gasteiger partial charge is 0.370 e. The molecule has 0 aliphatic heterocycles. The summed E-state index contributed by atoms with van der Waals surface area (Å²) in [6.45, 7) is 1.85. The van der Waals surface area contributed by atoms with Crippen molar-refractivity contribution in [2.75, 3.05) is 5.32 Å². The van der Waals surface area contributed by atoms with Crippen LogP contribution in [0.15, 0.2) is 5.38 Å². The van der Waals surface area contributed by atoms with E-state index >= 15 is 0 Å². The Hall–Kier alpha value is -1.26.